The first-order valence-corrected chi connectivity index (χ1v) is 7.39. The number of benzene rings is 1. The maximum Gasteiger partial charge on any atom is 0.123 e. The van der Waals surface area contributed by atoms with Crippen LogP contribution in [0.15, 0.2) is 18.2 Å². The van der Waals surface area contributed by atoms with Gasteiger partial charge in [-0.25, -0.2) is 4.39 Å². The Kier molecular flexibility index (Phi) is 5.20. The van der Waals surface area contributed by atoms with Gasteiger partial charge in [0.05, 0.1) is 0 Å². The Labute approximate surface area is 115 Å². The average Bonchev–Trinajstić information content (AvgIpc) is 2.42. The molecular formula is C16H24FNO. The zero-order valence-electron chi connectivity index (χ0n) is 11.7. The Morgan fingerprint density at radius 2 is 2.00 bits per heavy atom. The second-order valence-corrected chi connectivity index (χ2v) is 5.66. The lowest BCUT2D eigenvalue weighted by molar-refractivity contribution is 0.277. The molecule has 0 aromatic heterocycles. The van der Waals surface area contributed by atoms with Gasteiger partial charge in [0.2, 0.25) is 0 Å². The second kappa shape index (κ2) is 6.90. The summed E-state index contributed by atoms with van der Waals surface area (Å²) in [5.41, 5.74) is 0.649. The SMILES string of the molecule is CCCC1CCC(NCc2cc(F)ccc2O)CC1. The van der Waals surface area contributed by atoms with Crippen LogP contribution in [0, 0.1) is 11.7 Å². The molecule has 0 atom stereocenters. The molecule has 2 rings (SSSR count). The summed E-state index contributed by atoms with van der Waals surface area (Å²) in [6.45, 7) is 2.80. The van der Waals surface area contributed by atoms with E-state index in [0.29, 0.717) is 18.2 Å². The number of nitrogens with one attached hydrogen (secondary N) is 1. The minimum atomic E-state index is -0.291. The highest BCUT2D eigenvalue weighted by atomic mass is 19.1. The summed E-state index contributed by atoms with van der Waals surface area (Å²) in [6.07, 6.45) is 7.60. The Bertz CT molecular complexity index is 400. The first kappa shape index (κ1) is 14.3. The van der Waals surface area contributed by atoms with E-state index in [4.69, 9.17) is 0 Å². The first-order valence-electron chi connectivity index (χ1n) is 7.39. The second-order valence-electron chi connectivity index (χ2n) is 5.66. The molecule has 0 aliphatic heterocycles. The molecule has 0 saturated heterocycles. The molecule has 0 radical (unpaired) electrons. The fourth-order valence-electron chi connectivity index (χ4n) is 3.01. The third-order valence-electron chi connectivity index (χ3n) is 4.17. The van der Waals surface area contributed by atoms with Crippen LogP contribution in [-0.2, 0) is 6.54 Å². The lowest BCUT2D eigenvalue weighted by Gasteiger charge is -2.29. The Morgan fingerprint density at radius 1 is 1.26 bits per heavy atom. The van der Waals surface area contributed by atoms with Crippen molar-refractivity contribution < 1.29 is 9.50 Å². The molecule has 19 heavy (non-hydrogen) atoms. The van der Waals surface area contributed by atoms with Gasteiger partial charge >= 0.3 is 0 Å². The van der Waals surface area contributed by atoms with E-state index in [9.17, 15) is 9.50 Å². The van der Waals surface area contributed by atoms with Gasteiger partial charge in [0, 0.05) is 18.2 Å². The van der Waals surface area contributed by atoms with E-state index in [0.717, 1.165) is 5.92 Å². The third kappa shape index (κ3) is 4.20. The Hall–Kier alpha value is -1.09. The van der Waals surface area contributed by atoms with Crippen molar-refractivity contribution in [3.8, 4) is 5.75 Å². The zero-order chi connectivity index (χ0) is 13.7. The summed E-state index contributed by atoms with van der Waals surface area (Å²) in [5.74, 6) is 0.778. The molecule has 2 N–H and O–H groups in total. The summed E-state index contributed by atoms with van der Waals surface area (Å²) < 4.78 is 13.1. The van der Waals surface area contributed by atoms with Gasteiger partial charge in [0.15, 0.2) is 0 Å². The minimum absolute atomic E-state index is 0.175. The van der Waals surface area contributed by atoms with Crippen LogP contribution < -0.4 is 5.32 Å². The van der Waals surface area contributed by atoms with Crippen molar-refractivity contribution in [1.82, 2.24) is 5.32 Å². The van der Waals surface area contributed by atoms with Crippen LogP contribution in [0.3, 0.4) is 0 Å². The molecule has 0 spiro atoms. The highest BCUT2D eigenvalue weighted by Gasteiger charge is 2.20. The van der Waals surface area contributed by atoms with Crippen LogP contribution in [0.2, 0.25) is 0 Å². The van der Waals surface area contributed by atoms with Gasteiger partial charge in [-0.15, -0.1) is 0 Å². The first-order chi connectivity index (χ1) is 9.19. The van der Waals surface area contributed by atoms with Crippen LogP contribution >= 0.6 is 0 Å². The fourth-order valence-corrected chi connectivity index (χ4v) is 3.01. The Balaban J connectivity index is 1.79. The molecular weight excluding hydrogens is 241 g/mol. The fraction of sp³-hybridized carbons (Fsp3) is 0.625. The molecule has 1 aromatic rings. The van der Waals surface area contributed by atoms with Gasteiger partial charge in [-0.3, -0.25) is 0 Å². The summed E-state index contributed by atoms with van der Waals surface area (Å²) in [6, 6.07) is 4.63. The van der Waals surface area contributed by atoms with Crippen molar-refractivity contribution in [3.05, 3.63) is 29.6 Å². The van der Waals surface area contributed by atoms with E-state index in [1.54, 1.807) is 0 Å². The highest BCUT2D eigenvalue weighted by molar-refractivity contribution is 5.32. The van der Waals surface area contributed by atoms with Crippen LogP contribution in [-0.4, -0.2) is 11.1 Å². The molecule has 2 nitrogen and oxygen atoms in total. The van der Waals surface area contributed by atoms with Crippen molar-refractivity contribution >= 4 is 0 Å². The smallest absolute Gasteiger partial charge is 0.123 e. The van der Waals surface area contributed by atoms with E-state index in [-0.39, 0.29) is 11.6 Å². The van der Waals surface area contributed by atoms with Crippen LogP contribution in [0.5, 0.6) is 5.75 Å². The predicted octanol–water partition coefficient (Wildman–Crippen LogP) is 3.98. The number of halogens is 1. The van der Waals surface area contributed by atoms with Crippen molar-refractivity contribution in [3.63, 3.8) is 0 Å². The van der Waals surface area contributed by atoms with E-state index in [1.807, 2.05) is 0 Å². The van der Waals surface area contributed by atoms with Crippen LogP contribution in [0.25, 0.3) is 0 Å². The summed E-state index contributed by atoms with van der Waals surface area (Å²) in [5, 5.41) is 13.1. The third-order valence-corrected chi connectivity index (χ3v) is 4.17. The molecule has 106 valence electrons. The molecule has 0 unspecified atom stereocenters. The number of rotatable bonds is 5. The van der Waals surface area contributed by atoms with Crippen LogP contribution in [0.1, 0.15) is 51.0 Å². The van der Waals surface area contributed by atoms with Crippen molar-refractivity contribution in [2.24, 2.45) is 5.92 Å². The number of hydrogen-bond acceptors (Lipinski definition) is 2. The number of hydrogen-bond donors (Lipinski definition) is 2. The van der Waals surface area contributed by atoms with Gasteiger partial charge in [-0.2, -0.15) is 0 Å². The maximum absolute atomic E-state index is 13.1. The average molecular weight is 265 g/mol. The topological polar surface area (TPSA) is 32.3 Å². The molecule has 1 aromatic carbocycles. The van der Waals surface area contributed by atoms with Crippen molar-refractivity contribution in [2.75, 3.05) is 0 Å². The van der Waals surface area contributed by atoms with E-state index >= 15 is 0 Å². The van der Waals surface area contributed by atoms with Gasteiger partial charge in [0.25, 0.3) is 0 Å². The monoisotopic (exact) mass is 265 g/mol. The number of phenols is 1. The standard InChI is InChI=1S/C16H24FNO/c1-2-3-12-4-7-15(8-5-12)18-11-13-10-14(17)6-9-16(13)19/h6,9-10,12,15,18-19H,2-5,7-8,11H2,1H3. The van der Waals surface area contributed by atoms with Crippen molar-refractivity contribution in [2.45, 2.75) is 58.0 Å². The van der Waals surface area contributed by atoms with Gasteiger partial charge in [-0.05, 0) is 49.8 Å². The largest absolute Gasteiger partial charge is 0.508 e. The van der Waals surface area contributed by atoms with E-state index in [2.05, 4.69) is 12.2 Å². The zero-order valence-corrected chi connectivity index (χ0v) is 11.7. The maximum atomic E-state index is 13.1. The minimum Gasteiger partial charge on any atom is -0.508 e. The molecule has 0 heterocycles. The number of aromatic hydroxyl groups is 1. The molecule has 0 amide bonds. The summed E-state index contributed by atoms with van der Waals surface area (Å²) in [7, 11) is 0. The lowest BCUT2D eigenvalue weighted by atomic mass is 9.83. The number of phenolic OH excluding ortho intramolecular Hbond substituents is 1. The molecule has 1 fully saturated rings. The summed E-state index contributed by atoms with van der Waals surface area (Å²) in [4.78, 5) is 0. The molecule has 1 saturated carbocycles. The van der Waals surface area contributed by atoms with Gasteiger partial charge < -0.3 is 10.4 Å². The molecule has 3 heteroatoms. The molecule has 1 aliphatic carbocycles. The summed E-state index contributed by atoms with van der Waals surface area (Å²) >= 11 is 0. The predicted molar refractivity (Wildman–Crippen MR) is 75.6 cm³/mol. The molecule has 1 aliphatic rings. The van der Waals surface area contributed by atoms with Crippen molar-refractivity contribution in [1.29, 1.82) is 0 Å². The highest BCUT2D eigenvalue weighted by Crippen LogP contribution is 2.28. The van der Waals surface area contributed by atoms with Crippen LogP contribution in [0.4, 0.5) is 4.39 Å². The van der Waals surface area contributed by atoms with E-state index < -0.39 is 0 Å². The quantitative estimate of drug-likeness (QED) is 0.844. The normalized spacial score (nSPS) is 23.5. The van der Waals surface area contributed by atoms with E-state index in [1.165, 1.54) is 56.7 Å². The lowest BCUT2D eigenvalue weighted by Crippen LogP contribution is -2.32. The van der Waals surface area contributed by atoms with Gasteiger partial charge in [-0.1, -0.05) is 19.8 Å². The van der Waals surface area contributed by atoms with Gasteiger partial charge in [0.1, 0.15) is 11.6 Å². The molecule has 0 bridgehead atoms. The Morgan fingerprint density at radius 3 is 2.68 bits per heavy atom.